The van der Waals surface area contributed by atoms with Crippen LogP contribution in [0, 0.1) is 11.8 Å². The van der Waals surface area contributed by atoms with Crippen LogP contribution in [-0.2, 0) is 4.79 Å². The van der Waals surface area contributed by atoms with Crippen LogP contribution in [0.5, 0.6) is 0 Å². The molecule has 0 saturated heterocycles. The summed E-state index contributed by atoms with van der Waals surface area (Å²) < 4.78 is 0. The van der Waals surface area contributed by atoms with E-state index in [0.29, 0.717) is 21.5 Å². The van der Waals surface area contributed by atoms with Crippen LogP contribution in [0.15, 0.2) is 30.5 Å². The van der Waals surface area contributed by atoms with Gasteiger partial charge in [0.15, 0.2) is 0 Å². The van der Waals surface area contributed by atoms with Crippen LogP contribution < -0.4 is 0 Å². The minimum Gasteiger partial charge on any atom is -0.481 e. The Bertz CT molecular complexity index is 642. The minimum atomic E-state index is -1.12. The molecule has 2 atom stereocenters. The van der Waals surface area contributed by atoms with E-state index in [-0.39, 0.29) is 5.92 Å². The van der Waals surface area contributed by atoms with E-state index < -0.39 is 18.0 Å². The lowest BCUT2D eigenvalue weighted by molar-refractivity contribution is -0.148. The number of aliphatic carboxylic acids is 1. The van der Waals surface area contributed by atoms with Gasteiger partial charge in [0.25, 0.3) is 0 Å². The second-order valence-corrected chi connectivity index (χ2v) is 5.50. The highest BCUT2D eigenvalue weighted by Crippen LogP contribution is 2.34. The van der Waals surface area contributed by atoms with E-state index in [1.807, 2.05) is 0 Å². The number of fused-ring (bicyclic) bond motifs is 1. The van der Waals surface area contributed by atoms with Crippen LogP contribution in [0.4, 0.5) is 0 Å². The number of carbonyl (C=O) groups is 1. The number of nitrogens with zero attached hydrogens (tertiary/aromatic N) is 1. The average Bonchev–Trinajstić information content (AvgIpc) is 2.38. The van der Waals surface area contributed by atoms with Gasteiger partial charge >= 0.3 is 5.97 Å². The molecule has 106 valence electrons. The number of pyridine rings is 1. The van der Waals surface area contributed by atoms with Crippen molar-refractivity contribution in [3.05, 3.63) is 41.0 Å². The van der Waals surface area contributed by atoms with Crippen molar-refractivity contribution in [3.8, 4) is 0 Å². The molecular weight excluding hydrogens is 278 g/mol. The molecule has 2 rings (SSSR count). The first-order valence-electron chi connectivity index (χ1n) is 6.37. The Morgan fingerprint density at radius 3 is 2.60 bits per heavy atom. The second kappa shape index (κ2) is 5.77. The smallest absolute Gasteiger partial charge is 0.309 e. The van der Waals surface area contributed by atoms with Gasteiger partial charge in [-0.3, -0.25) is 9.78 Å². The standard InChI is InChI=1S/C15H16ClNO3/c1-8(2)12(15(19)20)14(18)10-5-6-11(16)9-4-3-7-17-13(9)10/h3-8,12,14,18H,1-2H3,(H,19,20). The quantitative estimate of drug-likeness (QED) is 0.907. The normalized spacial score (nSPS) is 14.4. The Labute approximate surface area is 122 Å². The maximum absolute atomic E-state index is 11.4. The van der Waals surface area contributed by atoms with E-state index in [1.165, 1.54) is 0 Å². The number of aliphatic hydroxyl groups excluding tert-OH is 1. The highest BCUT2D eigenvalue weighted by atomic mass is 35.5. The molecule has 2 unspecified atom stereocenters. The third kappa shape index (κ3) is 2.62. The summed E-state index contributed by atoms with van der Waals surface area (Å²) >= 11 is 6.10. The fourth-order valence-electron chi connectivity index (χ4n) is 2.38. The van der Waals surface area contributed by atoms with Gasteiger partial charge in [-0.2, -0.15) is 0 Å². The van der Waals surface area contributed by atoms with Crippen LogP contribution in [0.3, 0.4) is 0 Å². The van der Waals surface area contributed by atoms with Crippen LogP contribution in [0.25, 0.3) is 10.9 Å². The zero-order valence-electron chi connectivity index (χ0n) is 11.2. The number of benzene rings is 1. The molecule has 1 aromatic carbocycles. The summed E-state index contributed by atoms with van der Waals surface area (Å²) in [5.74, 6) is -2.11. The Morgan fingerprint density at radius 1 is 1.30 bits per heavy atom. The highest BCUT2D eigenvalue weighted by molar-refractivity contribution is 6.35. The van der Waals surface area contributed by atoms with Crippen molar-refractivity contribution >= 4 is 28.5 Å². The minimum absolute atomic E-state index is 0.197. The SMILES string of the molecule is CC(C)C(C(=O)O)C(O)c1ccc(Cl)c2cccnc12. The summed E-state index contributed by atoms with van der Waals surface area (Å²) in [6, 6.07) is 6.84. The van der Waals surface area contributed by atoms with Crippen molar-refractivity contribution in [1.29, 1.82) is 0 Å². The maximum atomic E-state index is 11.4. The Hall–Kier alpha value is -1.65. The van der Waals surface area contributed by atoms with Gasteiger partial charge in [0.05, 0.1) is 17.5 Å². The molecule has 2 N–H and O–H groups in total. The molecule has 0 amide bonds. The fraction of sp³-hybridized carbons (Fsp3) is 0.333. The van der Waals surface area contributed by atoms with E-state index in [2.05, 4.69) is 4.98 Å². The van der Waals surface area contributed by atoms with Crippen molar-refractivity contribution in [2.45, 2.75) is 20.0 Å². The van der Waals surface area contributed by atoms with E-state index in [0.717, 1.165) is 0 Å². The molecule has 5 heteroatoms. The molecule has 0 spiro atoms. The van der Waals surface area contributed by atoms with E-state index >= 15 is 0 Å². The first-order valence-corrected chi connectivity index (χ1v) is 6.75. The summed E-state index contributed by atoms with van der Waals surface area (Å²) in [6.07, 6.45) is 0.474. The van der Waals surface area contributed by atoms with Gasteiger partial charge in [0.2, 0.25) is 0 Å². The monoisotopic (exact) mass is 293 g/mol. The second-order valence-electron chi connectivity index (χ2n) is 5.09. The van der Waals surface area contributed by atoms with Crippen LogP contribution >= 0.6 is 11.6 Å². The third-order valence-corrected chi connectivity index (χ3v) is 3.74. The molecule has 0 aliphatic rings. The van der Waals surface area contributed by atoms with Gasteiger partial charge in [0, 0.05) is 22.2 Å². The molecule has 4 nitrogen and oxygen atoms in total. The van der Waals surface area contributed by atoms with Gasteiger partial charge in [-0.15, -0.1) is 0 Å². The van der Waals surface area contributed by atoms with Gasteiger partial charge in [-0.25, -0.2) is 0 Å². The van der Waals surface area contributed by atoms with Gasteiger partial charge in [0.1, 0.15) is 0 Å². The summed E-state index contributed by atoms with van der Waals surface area (Å²) in [5.41, 5.74) is 1.03. The summed E-state index contributed by atoms with van der Waals surface area (Å²) in [7, 11) is 0. The summed E-state index contributed by atoms with van der Waals surface area (Å²) in [4.78, 5) is 15.6. The number of carboxylic acid groups (broad SMARTS) is 1. The Kier molecular flexibility index (Phi) is 4.26. The zero-order chi connectivity index (χ0) is 14.9. The van der Waals surface area contributed by atoms with Crippen molar-refractivity contribution < 1.29 is 15.0 Å². The number of hydrogen-bond acceptors (Lipinski definition) is 3. The first-order chi connectivity index (χ1) is 9.43. The van der Waals surface area contributed by atoms with Gasteiger partial charge in [-0.1, -0.05) is 31.5 Å². The number of halogens is 1. The van der Waals surface area contributed by atoms with Crippen molar-refractivity contribution in [1.82, 2.24) is 4.98 Å². The molecule has 1 aromatic heterocycles. The van der Waals surface area contributed by atoms with Crippen molar-refractivity contribution in [2.24, 2.45) is 11.8 Å². The van der Waals surface area contributed by atoms with E-state index in [4.69, 9.17) is 11.6 Å². The lowest BCUT2D eigenvalue weighted by atomic mass is 9.86. The van der Waals surface area contributed by atoms with Crippen molar-refractivity contribution in [3.63, 3.8) is 0 Å². The van der Waals surface area contributed by atoms with Crippen LogP contribution in [0.2, 0.25) is 5.02 Å². The predicted octanol–water partition coefficient (Wildman–Crippen LogP) is 3.28. The van der Waals surface area contributed by atoms with Crippen LogP contribution in [0.1, 0.15) is 25.5 Å². The topological polar surface area (TPSA) is 70.4 Å². The molecule has 0 radical (unpaired) electrons. The summed E-state index contributed by atoms with van der Waals surface area (Å²) in [6.45, 7) is 3.54. The molecule has 0 aliphatic heterocycles. The maximum Gasteiger partial charge on any atom is 0.309 e. The highest BCUT2D eigenvalue weighted by Gasteiger charge is 2.32. The zero-order valence-corrected chi connectivity index (χ0v) is 12.0. The Balaban J connectivity index is 2.58. The molecule has 0 aliphatic carbocycles. The van der Waals surface area contributed by atoms with Crippen molar-refractivity contribution in [2.75, 3.05) is 0 Å². The number of aliphatic hydroxyl groups is 1. The van der Waals surface area contributed by atoms with E-state index in [9.17, 15) is 15.0 Å². The third-order valence-electron chi connectivity index (χ3n) is 3.41. The van der Waals surface area contributed by atoms with Gasteiger partial charge in [-0.05, 0) is 24.1 Å². The molecule has 0 bridgehead atoms. The molecular formula is C15H16ClNO3. The molecule has 20 heavy (non-hydrogen) atoms. The fourth-order valence-corrected chi connectivity index (χ4v) is 2.59. The lowest BCUT2D eigenvalue weighted by Gasteiger charge is -2.23. The molecule has 0 fully saturated rings. The first kappa shape index (κ1) is 14.8. The number of carboxylic acids is 1. The number of rotatable bonds is 4. The molecule has 0 saturated carbocycles. The molecule has 1 heterocycles. The summed E-state index contributed by atoms with van der Waals surface area (Å²) in [5, 5.41) is 21.0. The largest absolute Gasteiger partial charge is 0.481 e. The lowest BCUT2D eigenvalue weighted by Crippen LogP contribution is -2.27. The number of hydrogen-bond donors (Lipinski definition) is 2. The van der Waals surface area contributed by atoms with Crippen LogP contribution in [-0.4, -0.2) is 21.2 Å². The van der Waals surface area contributed by atoms with Gasteiger partial charge < -0.3 is 10.2 Å². The number of aromatic nitrogens is 1. The van der Waals surface area contributed by atoms with E-state index in [1.54, 1.807) is 44.3 Å². The average molecular weight is 294 g/mol. The molecule has 2 aromatic rings. The Morgan fingerprint density at radius 2 is 2.00 bits per heavy atom. The predicted molar refractivity (Wildman–Crippen MR) is 77.7 cm³/mol.